The van der Waals surface area contributed by atoms with E-state index in [1.54, 1.807) is 6.92 Å². The molecule has 0 bridgehead atoms. The average Bonchev–Trinajstić information content (AvgIpc) is 3.06. The number of hydrogen-bond donors (Lipinski definition) is 2. The second-order valence-corrected chi connectivity index (χ2v) is 5.75. The fourth-order valence-electron chi connectivity index (χ4n) is 3.03. The number of carbonyl (C=O) groups excluding carboxylic acids is 3. The molecule has 1 aliphatic carbocycles. The zero-order valence-electron chi connectivity index (χ0n) is 13.2. The van der Waals surface area contributed by atoms with Crippen molar-refractivity contribution in [2.24, 2.45) is 0 Å². The van der Waals surface area contributed by atoms with Crippen LogP contribution in [0.15, 0.2) is 0 Å². The van der Waals surface area contributed by atoms with Gasteiger partial charge in [0.25, 0.3) is 0 Å². The van der Waals surface area contributed by atoms with Crippen LogP contribution >= 0.6 is 0 Å². The lowest BCUT2D eigenvalue weighted by Crippen LogP contribution is -2.34. The predicted molar refractivity (Wildman–Crippen MR) is 81.0 cm³/mol. The zero-order valence-corrected chi connectivity index (χ0v) is 13.2. The summed E-state index contributed by atoms with van der Waals surface area (Å²) >= 11 is 0. The summed E-state index contributed by atoms with van der Waals surface area (Å²) in [6.07, 6.45) is 4.30. The van der Waals surface area contributed by atoms with E-state index < -0.39 is 5.97 Å². The number of hydrogen-bond acceptors (Lipinski definition) is 4. The number of carbonyl (C=O) groups is 3. The fourth-order valence-corrected chi connectivity index (χ4v) is 3.03. The maximum Gasteiger partial charge on any atom is 0.339 e. The number of aromatic amines is 1. The van der Waals surface area contributed by atoms with Crippen molar-refractivity contribution in [3.05, 3.63) is 22.5 Å². The Balaban J connectivity index is 2.21. The first kappa shape index (κ1) is 16.3. The molecule has 0 atom stereocenters. The van der Waals surface area contributed by atoms with Crippen molar-refractivity contribution in [2.45, 2.75) is 52.0 Å². The number of aromatic nitrogens is 1. The Kier molecular flexibility index (Phi) is 5.00. The number of ether oxygens (including phenoxy) is 1. The molecule has 1 aromatic rings. The van der Waals surface area contributed by atoms with Crippen LogP contribution in [0.1, 0.15) is 64.7 Å². The normalized spacial score (nSPS) is 14.9. The number of rotatable bonds is 5. The predicted octanol–water partition coefficient (Wildman–Crippen LogP) is 1.91. The smallest absolute Gasteiger partial charge is 0.339 e. The molecule has 22 heavy (non-hydrogen) atoms. The van der Waals surface area contributed by atoms with Gasteiger partial charge in [-0.2, -0.15) is 0 Å². The molecule has 6 nitrogen and oxygen atoms in total. The van der Waals surface area contributed by atoms with Gasteiger partial charge in [-0.3, -0.25) is 9.59 Å². The Morgan fingerprint density at radius 1 is 1.27 bits per heavy atom. The van der Waals surface area contributed by atoms with Gasteiger partial charge in [-0.1, -0.05) is 12.8 Å². The van der Waals surface area contributed by atoms with Gasteiger partial charge < -0.3 is 15.0 Å². The lowest BCUT2D eigenvalue weighted by molar-refractivity contribution is -0.121. The molecule has 1 fully saturated rings. The number of amides is 1. The molecule has 6 heteroatoms. The van der Waals surface area contributed by atoms with E-state index in [2.05, 4.69) is 10.3 Å². The first-order chi connectivity index (χ1) is 10.4. The summed E-state index contributed by atoms with van der Waals surface area (Å²) in [5.41, 5.74) is 1.60. The highest BCUT2D eigenvalue weighted by atomic mass is 16.5. The molecule has 0 aliphatic heterocycles. The van der Waals surface area contributed by atoms with E-state index in [4.69, 9.17) is 4.74 Å². The minimum atomic E-state index is -0.537. The van der Waals surface area contributed by atoms with E-state index in [0.29, 0.717) is 17.0 Å². The number of esters is 1. The van der Waals surface area contributed by atoms with Crippen LogP contribution in [0.3, 0.4) is 0 Å². The monoisotopic (exact) mass is 306 g/mol. The van der Waals surface area contributed by atoms with E-state index in [9.17, 15) is 14.4 Å². The Morgan fingerprint density at radius 2 is 1.91 bits per heavy atom. The van der Waals surface area contributed by atoms with Crippen LogP contribution in [-0.4, -0.2) is 35.8 Å². The molecule has 0 unspecified atom stereocenters. The number of Topliss-reactive ketones (excluding diaryl/α,β-unsaturated/α-hetero) is 1. The number of methoxy groups -OCH3 is 1. The maximum atomic E-state index is 12.2. The maximum absolute atomic E-state index is 12.2. The summed E-state index contributed by atoms with van der Waals surface area (Å²) < 4.78 is 4.76. The van der Waals surface area contributed by atoms with Gasteiger partial charge in [-0.15, -0.1) is 0 Å². The molecule has 0 radical (unpaired) electrons. The van der Waals surface area contributed by atoms with E-state index >= 15 is 0 Å². The molecule has 2 rings (SSSR count). The lowest BCUT2D eigenvalue weighted by Gasteiger charge is -2.11. The van der Waals surface area contributed by atoms with Gasteiger partial charge in [-0.25, -0.2) is 4.79 Å². The largest absolute Gasteiger partial charge is 0.465 e. The van der Waals surface area contributed by atoms with Gasteiger partial charge in [-0.05, 0) is 25.3 Å². The Labute approximate surface area is 129 Å². The molecule has 1 aromatic heterocycles. The van der Waals surface area contributed by atoms with E-state index in [-0.39, 0.29) is 29.7 Å². The number of ketones is 1. The highest BCUT2D eigenvalue weighted by Crippen LogP contribution is 2.21. The zero-order chi connectivity index (χ0) is 16.3. The minimum absolute atomic E-state index is 0.0368. The van der Waals surface area contributed by atoms with Crippen LogP contribution in [0.2, 0.25) is 0 Å². The van der Waals surface area contributed by atoms with Gasteiger partial charge in [0.1, 0.15) is 0 Å². The van der Waals surface area contributed by atoms with Crippen LogP contribution in [-0.2, 0) is 16.0 Å². The van der Waals surface area contributed by atoms with Gasteiger partial charge in [0, 0.05) is 18.7 Å². The standard InChI is InChI=1S/C16H22N2O4/c1-9-14(16(21)22-3)12(18-15(9)10(2)19)8-13(20)17-11-6-4-5-7-11/h11,18H,4-8H2,1-3H3,(H,17,20). The summed E-state index contributed by atoms with van der Waals surface area (Å²) in [5.74, 6) is -0.858. The summed E-state index contributed by atoms with van der Waals surface area (Å²) in [6, 6.07) is 0.220. The quantitative estimate of drug-likeness (QED) is 0.642. The Morgan fingerprint density at radius 3 is 2.45 bits per heavy atom. The van der Waals surface area contributed by atoms with E-state index in [1.807, 2.05) is 0 Å². The van der Waals surface area contributed by atoms with Gasteiger partial charge in [0.05, 0.1) is 24.8 Å². The number of H-pyrrole nitrogens is 1. The lowest BCUT2D eigenvalue weighted by atomic mass is 10.1. The first-order valence-corrected chi connectivity index (χ1v) is 7.54. The molecule has 0 spiro atoms. The molecule has 0 aromatic carbocycles. The summed E-state index contributed by atoms with van der Waals surface area (Å²) in [6.45, 7) is 3.10. The third-order valence-corrected chi connectivity index (χ3v) is 4.13. The topological polar surface area (TPSA) is 88.3 Å². The van der Waals surface area contributed by atoms with E-state index in [0.717, 1.165) is 25.7 Å². The molecule has 1 amide bonds. The summed E-state index contributed by atoms with van der Waals surface area (Å²) in [5, 5.41) is 2.97. The molecular formula is C16H22N2O4. The minimum Gasteiger partial charge on any atom is -0.465 e. The van der Waals surface area contributed by atoms with Crippen LogP contribution in [0.4, 0.5) is 0 Å². The third-order valence-electron chi connectivity index (χ3n) is 4.13. The van der Waals surface area contributed by atoms with E-state index in [1.165, 1.54) is 14.0 Å². The van der Waals surface area contributed by atoms with Crippen molar-refractivity contribution in [2.75, 3.05) is 7.11 Å². The van der Waals surface area contributed by atoms with Crippen molar-refractivity contribution in [1.29, 1.82) is 0 Å². The molecular weight excluding hydrogens is 284 g/mol. The molecule has 0 saturated heterocycles. The molecule has 2 N–H and O–H groups in total. The van der Waals surface area contributed by atoms with Crippen molar-refractivity contribution in [1.82, 2.24) is 10.3 Å². The first-order valence-electron chi connectivity index (χ1n) is 7.54. The Hall–Kier alpha value is -2.11. The van der Waals surface area contributed by atoms with Crippen LogP contribution < -0.4 is 5.32 Å². The average molecular weight is 306 g/mol. The fraction of sp³-hybridized carbons (Fsp3) is 0.562. The van der Waals surface area contributed by atoms with Crippen LogP contribution in [0.25, 0.3) is 0 Å². The highest BCUT2D eigenvalue weighted by Gasteiger charge is 2.25. The molecule has 120 valence electrons. The van der Waals surface area contributed by atoms with Gasteiger partial charge in [0.2, 0.25) is 5.91 Å². The van der Waals surface area contributed by atoms with Crippen molar-refractivity contribution in [3.63, 3.8) is 0 Å². The summed E-state index contributed by atoms with van der Waals surface area (Å²) in [4.78, 5) is 38.6. The summed E-state index contributed by atoms with van der Waals surface area (Å²) in [7, 11) is 1.28. The SMILES string of the molecule is COC(=O)c1c(CC(=O)NC2CCCC2)[nH]c(C(C)=O)c1C. The van der Waals surface area contributed by atoms with Crippen molar-refractivity contribution in [3.8, 4) is 0 Å². The third kappa shape index (κ3) is 3.37. The molecule has 1 aliphatic rings. The van der Waals surface area contributed by atoms with Crippen LogP contribution in [0, 0.1) is 6.92 Å². The Bertz CT molecular complexity index is 598. The van der Waals surface area contributed by atoms with Crippen molar-refractivity contribution < 1.29 is 19.1 Å². The van der Waals surface area contributed by atoms with Crippen LogP contribution in [0.5, 0.6) is 0 Å². The highest BCUT2D eigenvalue weighted by molar-refractivity contribution is 6.01. The van der Waals surface area contributed by atoms with Crippen molar-refractivity contribution >= 4 is 17.7 Å². The second kappa shape index (κ2) is 6.77. The molecule has 1 saturated carbocycles. The molecule has 1 heterocycles. The van der Waals surface area contributed by atoms with Gasteiger partial charge in [0.15, 0.2) is 5.78 Å². The van der Waals surface area contributed by atoms with Gasteiger partial charge >= 0.3 is 5.97 Å². The second-order valence-electron chi connectivity index (χ2n) is 5.75. The number of nitrogens with one attached hydrogen (secondary N) is 2.